The molecule has 0 saturated heterocycles. The molecule has 5 heteroatoms. The molecule has 2 aliphatic rings. The molecule has 0 N–H and O–H groups in total. The van der Waals surface area contributed by atoms with Crippen molar-refractivity contribution in [3.63, 3.8) is 0 Å². The third-order valence-electron chi connectivity index (χ3n) is 5.82. The fraction of sp³-hybridized carbons (Fsp3) is 0.500. The Bertz CT molecular complexity index is 875. The highest BCUT2D eigenvalue weighted by atomic mass is 16.5. The molecule has 1 fully saturated rings. The summed E-state index contributed by atoms with van der Waals surface area (Å²) in [5.74, 6) is 0.0723. The van der Waals surface area contributed by atoms with Crippen molar-refractivity contribution >= 4 is 17.5 Å². The second kappa shape index (κ2) is 6.32. The van der Waals surface area contributed by atoms with Gasteiger partial charge in [-0.1, -0.05) is 27.7 Å². The Balaban J connectivity index is 2.41. The Morgan fingerprint density at radius 2 is 1.78 bits per heavy atom. The molecule has 0 aliphatic heterocycles. The number of rotatable bonds is 3. The first-order chi connectivity index (χ1) is 12.6. The lowest BCUT2D eigenvalue weighted by Crippen LogP contribution is -2.52. The van der Waals surface area contributed by atoms with Crippen molar-refractivity contribution in [2.75, 3.05) is 14.2 Å². The average Bonchev–Trinajstić information content (AvgIpc) is 2.60. The molecule has 0 radical (unpaired) electrons. The number of hydrogen-bond acceptors (Lipinski definition) is 5. The number of Topliss-reactive ketones (excluding diaryl/α,β-unsaturated/α-hetero) is 1. The zero-order valence-electron chi connectivity index (χ0n) is 16.8. The van der Waals surface area contributed by atoms with E-state index in [0.29, 0.717) is 28.9 Å². The summed E-state index contributed by atoms with van der Waals surface area (Å²) in [5.41, 5.74) is 0.611. The van der Waals surface area contributed by atoms with Crippen molar-refractivity contribution in [2.45, 2.75) is 51.9 Å². The van der Waals surface area contributed by atoms with Crippen LogP contribution in [0.1, 0.15) is 67.9 Å². The molecule has 0 aromatic heterocycles. The minimum atomic E-state index is -1.28. The molecular formula is C22H26O5. The van der Waals surface area contributed by atoms with Crippen LogP contribution in [-0.4, -0.2) is 31.8 Å². The number of ether oxygens (including phenoxy) is 2. The maximum Gasteiger partial charge on any atom is 0.320 e. The lowest BCUT2D eigenvalue weighted by Gasteiger charge is -2.47. The second-order valence-corrected chi connectivity index (χ2v) is 8.39. The highest BCUT2D eigenvalue weighted by Gasteiger charge is 2.57. The predicted octanol–water partition coefficient (Wildman–Crippen LogP) is 3.74. The number of esters is 1. The van der Waals surface area contributed by atoms with Gasteiger partial charge >= 0.3 is 5.97 Å². The van der Waals surface area contributed by atoms with E-state index in [1.165, 1.54) is 7.11 Å². The highest BCUT2D eigenvalue weighted by molar-refractivity contribution is 6.13. The predicted molar refractivity (Wildman–Crippen MR) is 101 cm³/mol. The molecule has 3 rings (SSSR count). The van der Waals surface area contributed by atoms with Gasteiger partial charge in [-0.3, -0.25) is 14.4 Å². The van der Waals surface area contributed by atoms with E-state index in [4.69, 9.17) is 9.47 Å². The summed E-state index contributed by atoms with van der Waals surface area (Å²) in [5, 5.41) is 0. The monoisotopic (exact) mass is 370 g/mol. The van der Waals surface area contributed by atoms with Crippen molar-refractivity contribution in [3.05, 3.63) is 40.5 Å². The van der Waals surface area contributed by atoms with Gasteiger partial charge in [0.15, 0.2) is 5.78 Å². The first kappa shape index (κ1) is 19.3. The number of carbonyl (C=O) groups is 3. The van der Waals surface area contributed by atoms with Crippen LogP contribution in [0.25, 0.3) is 0 Å². The van der Waals surface area contributed by atoms with E-state index >= 15 is 0 Å². The largest absolute Gasteiger partial charge is 0.496 e. The number of hydrogen-bond donors (Lipinski definition) is 0. The maximum absolute atomic E-state index is 13.1. The molecule has 27 heavy (non-hydrogen) atoms. The number of ketones is 2. The van der Waals surface area contributed by atoms with Gasteiger partial charge in [-0.25, -0.2) is 0 Å². The van der Waals surface area contributed by atoms with Crippen LogP contribution < -0.4 is 4.74 Å². The van der Waals surface area contributed by atoms with Crippen LogP contribution in [0.4, 0.5) is 0 Å². The topological polar surface area (TPSA) is 69.7 Å². The van der Waals surface area contributed by atoms with Crippen LogP contribution in [0.3, 0.4) is 0 Å². The Hall–Kier alpha value is -2.43. The van der Waals surface area contributed by atoms with Gasteiger partial charge < -0.3 is 9.47 Å². The fourth-order valence-corrected chi connectivity index (χ4v) is 4.63. The lowest BCUT2D eigenvalue weighted by molar-refractivity contribution is -0.150. The Morgan fingerprint density at radius 1 is 1.11 bits per heavy atom. The van der Waals surface area contributed by atoms with E-state index < -0.39 is 16.8 Å². The summed E-state index contributed by atoms with van der Waals surface area (Å²) in [6, 6.07) is 3.55. The zero-order chi connectivity index (χ0) is 20.1. The summed E-state index contributed by atoms with van der Waals surface area (Å²) in [7, 11) is 2.88. The minimum Gasteiger partial charge on any atom is -0.496 e. The van der Waals surface area contributed by atoms with E-state index in [-0.39, 0.29) is 23.9 Å². The van der Waals surface area contributed by atoms with Crippen LogP contribution in [0.2, 0.25) is 0 Å². The molecule has 0 spiro atoms. The van der Waals surface area contributed by atoms with Gasteiger partial charge in [-0.05, 0) is 46.2 Å². The van der Waals surface area contributed by atoms with Crippen LogP contribution in [0.15, 0.2) is 23.8 Å². The van der Waals surface area contributed by atoms with Gasteiger partial charge in [0, 0.05) is 18.4 Å². The first-order valence-electron chi connectivity index (χ1n) is 9.18. The van der Waals surface area contributed by atoms with Crippen LogP contribution >= 0.6 is 0 Å². The molecule has 0 bridgehead atoms. The van der Waals surface area contributed by atoms with Crippen molar-refractivity contribution in [1.29, 1.82) is 0 Å². The smallest absolute Gasteiger partial charge is 0.320 e. The minimum absolute atomic E-state index is 0.000599. The normalized spacial score (nSPS) is 23.4. The standard InChI is InChI=1S/C22H26O5/c1-12(2)14-7-15-16(8-18(14)26-5)22(20(25)27-6)11-13(23)10-21(3,4)19(22)9-17(15)24/h7-9,12H,10-11H2,1-6H3/t22-/m0/s1. The van der Waals surface area contributed by atoms with Crippen molar-refractivity contribution in [3.8, 4) is 5.75 Å². The second-order valence-electron chi connectivity index (χ2n) is 8.39. The van der Waals surface area contributed by atoms with Gasteiger partial charge in [0.05, 0.1) is 14.2 Å². The molecule has 144 valence electrons. The fourth-order valence-electron chi connectivity index (χ4n) is 4.63. The van der Waals surface area contributed by atoms with Crippen LogP contribution in [0, 0.1) is 5.41 Å². The summed E-state index contributed by atoms with van der Waals surface area (Å²) >= 11 is 0. The van der Waals surface area contributed by atoms with Gasteiger partial charge in [-0.15, -0.1) is 0 Å². The van der Waals surface area contributed by atoms with E-state index in [9.17, 15) is 14.4 Å². The molecule has 5 nitrogen and oxygen atoms in total. The number of methoxy groups -OCH3 is 2. The highest BCUT2D eigenvalue weighted by Crippen LogP contribution is 2.55. The Kier molecular flexibility index (Phi) is 4.53. The first-order valence-corrected chi connectivity index (χ1v) is 9.18. The van der Waals surface area contributed by atoms with E-state index in [0.717, 1.165) is 5.56 Å². The van der Waals surface area contributed by atoms with Crippen molar-refractivity contribution in [2.24, 2.45) is 5.41 Å². The van der Waals surface area contributed by atoms with Gasteiger partial charge in [0.1, 0.15) is 16.9 Å². The van der Waals surface area contributed by atoms with E-state index in [2.05, 4.69) is 0 Å². The molecular weight excluding hydrogens is 344 g/mol. The summed E-state index contributed by atoms with van der Waals surface area (Å²) in [6.07, 6.45) is 1.84. The third kappa shape index (κ3) is 2.71. The summed E-state index contributed by atoms with van der Waals surface area (Å²) in [4.78, 5) is 38.7. The average molecular weight is 370 g/mol. The van der Waals surface area contributed by atoms with Crippen molar-refractivity contribution in [1.82, 2.24) is 0 Å². The number of carbonyl (C=O) groups excluding carboxylic acids is 3. The van der Waals surface area contributed by atoms with E-state index in [1.807, 2.05) is 27.7 Å². The quantitative estimate of drug-likeness (QED) is 0.758. The summed E-state index contributed by atoms with van der Waals surface area (Å²) < 4.78 is 10.7. The SMILES string of the molecule is COC(=O)[C@]12CC(=O)CC(C)(C)C1=CC(=O)c1cc(C(C)C)c(OC)cc12. The lowest BCUT2D eigenvalue weighted by atomic mass is 9.54. The van der Waals surface area contributed by atoms with Gasteiger partial charge in [-0.2, -0.15) is 0 Å². The molecule has 1 aromatic rings. The third-order valence-corrected chi connectivity index (χ3v) is 5.82. The Morgan fingerprint density at radius 3 is 2.33 bits per heavy atom. The van der Waals surface area contributed by atoms with Crippen LogP contribution in [-0.2, 0) is 19.7 Å². The van der Waals surface area contributed by atoms with Gasteiger partial charge in [0.25, 0.3) is 0 Å². The van der Waals surface area contributed by atoms with Crippen molar-refractivity contribution < 1.29 is 23.9 Å². The molecule has 2 aliphatic carbocycles. The molecule has 1 atom stereocenters. The number of benzene rings is 1. The zero-order valence-corrected chi connectivity index (χ0v) is 16.8. The number of allylic oxidation sites excluding steroid dienone is 1. The number of fused-ring (bicyclic) bond motifs is 3. The summed E-state index contributed by atoms with van der Waals surface area (Å²) in [6.45, 7) is 7.82. The van der Waals surface area contributed by atoms with Crippen LogP contribution in [0.5, 0.6) is 5.75 Å². The Labute approximate surface area is 159 Å². The molecule has 0 heterocycles. The van der Waals surface area contributed by atoms with Gasteiger partial charge in [0.2, 0.25) is 0 Å². The molecule has 1 aromatic carbocycles. The van der Waals surface area contributed by atoms with E-state index in [1.54, 1.807) is 25.3 Å². The molecule has 0 unspecified atom stereocenters. The molecule has 0 amide bonds. The molecule has 1 saturated carbocycles. The maximum atomic E-state index is 13.1.